The van der Waals surface area contributed by atoms with Crippen molar-refractivity contribution in [3.63, 3.8) is 0 Å². The molecule has 28 heavy (non-hydrogen) atoms. The molecule has 6 nitrogen and oxygen atoms in total. The van der Waals surface area contributed by atoms with E-state index in [-0.39, 0.29) is 6.61 Å². The number of esters is 1. The van der Waals surface area contributed by atoms with Crippen molar-refractivity contribution < 1.29 is 23.5 Å². The first kappa shape index (κ1) is 19.2. The maximum Gasteiger partial charge on any atom is 0.331 e. The van der Waals surface area contributed by atoms with Gasteiger partial charge in [-0.1, -0.05) is 41.1 Å². The molecule has 0 bridgehead atoms. The molecule has 0 radical (unpaired) electrons. The minimum Gasteiger partial charge on any atom is -0.493 e. The molecule has 3 rings (SSSR count). The zero-order valence-electron chi connectivity index (χ0n) is 16.0. The van der Waals surface area contributed by atoms with Gasteiger partial charge in [0, 0.05) is 17.7 Å². The molecular formula is C22H21NO5. The summed E-state index contributed by atoms with van der Waals surface area (Å²) in [5.74, 6) is 1.36. The summed E-state index contributed by atoms with van der Waals surface area (Å²) < 4.78 is 21.0. The Kier molecular flexibility index (Phi) is 6.11. The van der Waals surface area contributed by atoms with Crippen LogP contribution in [0.15, 0.2) is 59.1 Å². The Morgan fingerprint density at radius 2 is 1.79 bits per heavy atom. The highest BCUT2D eigenvalue weighted by Crippen LogP contribution is 2.28. The number of methoxy groups -OCH3 is 2. The van der Waals surface area contributed by atoms with Gasteiger partial charge >= 0.3 is 5.97 Å². The van der Waals surface area contributed by atoms with E-state index >= 15 is 0 Å². The first-order valence-corrected chi connectivity index (χ1v) is 8.68. The van der Waals surface area contributed by atoms with E-state index in [1.165, 1.54) is 11.6 Å². The van der Waals surface area contributed by atoms with Crippen molar-refractivity contribution in [3.8, 4) is 22.8 Å². The zero-order chi connectivity index (χ0) is 19.9. The van der Waals surface area contributed by atoms with Crippen LogP contribution < -0.4 is 9.47 Å². The second kappa shape index (κ2) is 8.90. The number of hydrogen-bond donors (Lipinski definition) is 0. The van der Waals surface area contributed by atoms with Crippen LogP contribution in [0.2, 0.25) is 0 Å². The van der Waals surface area contributed by atoms with E-state index in [1.54, 1.807) is 38.5 Å². The Balaban J connectivity index is 1.57. The molecule has 144 valence electrons. The molecule has 3 aromatic rings. The Labute approximate surface area is 163 Å². The third-order valence-corrected chi connectivity index (χ3v) is 4.08. The van der Waals surface area contributed by atoms with Crippen LogP contribution in [0.5, 0.6) is 11.5 Å². The highest BCUT2D eigenvalue weighted by Gasteiger charge is 2.08. The van der Waals surface area contributed by atoms with Crippen molar-refractivity contribution in [1.82, 2.24) is 5.16 Å². The van der Waals surface area contributed by atoms with Crippen LogP contribution in [0, 0.1) is 6.92 Å². The quantitative estimate of drug-likeness (QED) is 0.447. The van der Waals surface area contributed by atoms with Gasteiger partial charge < -0.3 is 18.7 Å². The third kappa shape index (κ3) is 4.79. The summed E-state index contributed by atoms with van der Waals surface area (Å²) in [6.45, 7) is 2.05. The average Bonchev–Trinajstić information content (AvgIpc) is 3.20. The van der Waals surface area contributed by atoms with Crippen LogP contribution in [0.1, 0.15) is 16.8 Å². The number of nitrogens with zero attached hydrogens (tertiary/aromatic N) is 1. The van der Waals surface area contributed by atoms with Gasteiger partial charge in [0.05, 0.1) is 14.2 Å². The molecule has 2 aromatic carbocycles. The standard InChI is InChI=1S/C22H21NO5/c1-15-4-8-17(9-5-15)20-13-18(23-28-20)14-27-22(24)11-7-16-6-10-19(25-2)21(12-16)26-3/h4-13H,14H2,1-3H3/b11-7-. The van der Waals surface area contributed by atoms with Crippen molar-refractivity contribution in [2.75, 3.05) is 14.2 Å². The first-order chi connectivity index (χ1) is 13.6. The lowest BCUT2D eigenvalue weighted by atomic mass is 10.1. The largest absolute Gasteiger partial charge is 0.493 e. The van der Waals surface area contributed by atoms with E-state index in [9.17, 15) is 4.79 Å². The van der Waals surface area contributed by atoms with Gasteiger partial charge in [-0.2, -0.15) is 0 Å². The predicted octanol–water partition coefficient (Wildman–Crippen LogP) is 4.42. The van der Waals surface area contributed by atoms with Gasteiger partial charge in [-0.15, -0.1) is 0 Å². The van der Waals surface area contributed by atoms with Crippen LogP contribution in [0.3, 0.4) is 0 Å². The molecule has 0 unspecified atom stereocenters. The van der Waals surface area contributed by atoms with Gasteiger partial charge in [-0.3, -0.25) is 0 Å². The molecule has 0 atom stereocenters. The number of aryl methyl sites for hydroxylation is 1. The van der Waals surface area contributed by atoms with E-state index in [0.717, 1.165) is 11.1 Å². The van der Waals surface area contributed by atoms with Crippen molar-refractivity contribution >= 4 is 12.0 Å². The summed E-state index contributed by atoms with van der Waals surface area (Å²) >= 11 is 0. The summed E-state index contributed by atoms with van der Waals surface area (Å²) in [7, 11) is 3.13. The van der Waals surface area contributed by atoms with Crippen LogP contribution >= 0.6 is 0 Å². The molecule has 0 N–H and O–H groups in total. The molecule has 6 heteroatoms. The van der Waals surface area contributed by atoms with Gasteiger partial charge in [-0.25, -0.2) is 4.79 Å². The molecule has 0 spiro atoms. The average molecular weight is 379 g/mol. The van der Waals surface area contributed by atoms with E-state index in [2.05, 4.69) is 5.16 Å². The molecule has 0 aliphatic carbocycles. The van der Waals surface area contributed by atoms with Crippen molar-refractivity contribution in [2.45, 2.75) is 13.5 Å². The maximum absolute atomic E-state index is 12.0. The number of ether oxygens (including phenoxy) is 3. The van der Waals surface area contributed by atoms with Crippen LogP contribution in [0.25, 0.3) is 17.4 Å². The van der Waals surface area contributed by atoms with Crippen LogP contribution in [-0.4, -0.2) is 25.3 Å². The number of rotatable bonds is 7. The van der Waals surface area contributed by atoms with Gasteiger partial charge in [-0.05, 0) is 30.7 Å². The monoisotopic (exact) mass is 379 g/mol. The van der Waals surface area contributed by atoms with E-state index in [1.807, 2.05) is 37.3 Å². The Hall–Kier alpha value is -3.54. The van der Waals surface area contributed by atoms with Crippen molar-refractivity contribution in [3.05, 3.63) is 71.4 Å². The summed E-state index contributed by atoms with van der Waals surface area (Å²) in [6.07, 6.45) is 2.99. The molecule has 0 saturated heterocycles. The van der Waals surface area contributed by atoms with Gasteiger partial charge in [0.2, 0.25) is 0 Å². The summed E-state index contributed by atoms with van der Waals surface area (Å²) in [6, 6.07) is 15.0. The molecule has 0 aliphatic heterocycles. The van der Waals surface area contributed by atoms with Crippen LogP contribution in [-0.2, 0) is 16.1 Å². The Bertz CT molecular complexity index is 973. The fraction of sp³-hybridized carbons (Fsp3) is 0.182. The molecular weight excluding hydrogens is 358 g/mol. The second-order valence-electron chi connectivity index (χ2n) is 6.10. The molecule has 0 saturated carbocycles. The Morgan fingerprint density at radius 3 is 2.50 bits per heavy atom. The van der Waals surface area contributed by atoms with Gasteiger partial charge in [0.1, 0.15) is 12.3 Å². The van der Waals surface area contributed by atoms with E-state index in [0.29, 0.717) is 23.0 Å². The highest BCUT2D eigenvalue weighted by atomic mass is 16.5. The Morgan fingerprint density at radius 1 is 1.04 bits per heavy atom. The normalized spacial score (nSPS) is 10.8. The fourth-order valence-electron chi connectivity index (χ4n) is 2.55. The number of carbonyl (C=O) groups excluding carboxylic acids is 1. The SMILES string of the molecule is COc1ccc(/C=C\C(=O)OCc2cc(-c3ccc(C)cc3)on2)cc1OC. The lowest BCUT2D eigenvalue weighted by molar-refractivity contribution is -0.139. The minimum atomic E-state index is -0.477. The van der Waals surface area contributed by atoms with Crippen molar-refractivity contribution in [1.29, 1.82) is 0 Å². The lowest BCUT2D eigenvalue weighted by Crippen LogP contribution is -2.00. The van der Waals surface area contributed by atoms with Gasteiger partial charge in [0.25, 0.3) is 0 Å². The van der Waals surface area contributed by atoms with E-state index in [4.69, 9.17) is 18.7 Å². The number of carbonyl (C=O) groups is 1. The molecule has 1 aromatic heterocycles. The number of benzene rings is 2. The van der Waals surface area contributed by atoms with Gasteiger partial charge in [0.15, 0.2) is 17.3 Å². The maximum atomic E-state index is 12.0. The molecule has 0 aliphatic rings. The molecule has 0 fully saturated rings. The van der Waals surface area contributed by atoms with Crippen LogP contribution in [0.4, 0.5) is 0 Å². The summed E-state index contributed by atoms with van der Waals surface area (Å²) in [5.41, 5.74) is 3.42. The second-order valence-corrected chi connectivity index (χ2v) is 6.10. The first-order valence-electron chi connectivity index (χ1n) is 8.68. The predicted molar refractivity (Wildman–Crippen MR) is 105 cm³/mol. The number of hydrogen-bond acceptors (Lipinski definition) is 6. The minimum absolute atomic E-state index is 0.0322. The zero-order valence-corrected chi connectivity index (χ0v) is 16.0. The lowest BCUT2D eigenvalue weighted by Gasteiger charge is -2.07. The smallest absolute Gasteiger partial charge is 0.331 e. The molecule has 0 amide bonds. The summed E-state index contributed by atoms with van der Waals surface area (Å²) in [4.78, 5) is 12.0. The summed E-state index contributed by atoms with van der Waals surface area (Å²) in [5, 5.41) is 3.94. The fourth-order valence-corrected chi connectivity index (χ4v) is 2.55. The van der Waals surface area contributed by atoms with E-state index < -0.39 is 5.97 Å². The number of aromatic nitrogens is 1. The topological polar surface area (TPSA) is 70.8 Å². The molecule has 1 heterocycles. The van der Waals surface area contributed by atoms with Crippen molar-refractivity contribution in [2.24, 2.45) is 0 Å². The highest BCUT2D eigenvalue weighted by molar-refractivity contribution is 5.87. The third-order valence-electron chi connectivity index (χ3n) is 4.08.